The van der Waals surface area contributed by atoms with E-state index in [1.807, 2.05) is 30.5 Å². The summed E-state index contributed by atoms with van der Waals surface area (Å²) in [5, 5.41) is 4.74. The molecule has 0 radical (unpaired) electrons. The van der Waals surface area contributed by atoms with Gasteiger partial charge in [0, 0.05) is 50.2 Å². The molecule has 0 spiro atoms. The molecule has 1 aliphatic heterocycles. The summed E-state index contributed by atoms with van der Waals surface area (Å²) in [5.74, 6) is -5.06. The maximum absolute atomic E-state index is 15.6. The largest absolute Gasteiger partial charge is 0.494 e. The molecule has 0 bridgehead atoms. The van der Waals surface area contributed by atoms with Gasteiger partial charge in [0.05, 0.1) is 18.7 Å². The van der Waals surface area contributed by atoms with E-state index in [-0.39, 0.29) is 22.9 Å². The normalized spacial score (nSPS) is 15.3. The Balaban J connectivity index is 1.35. The number of ether oxygens (including phenoxy) is 2. The third kappa shape index (κ3) is 6.69. The summed E-state index contributed by atoms with van der Waals surface area (Å²) in [4.78, 5) is 15.1. The first kappa shape index (κ1) is 32.5. The molecule has 0 saturated carbocycles. The van der Waals surface area contributed by atoms with E-state index in [4.69, 9.17) is 14.6 Å². The Hall–Kier alpha value is -4.91. The molecular weight excluding hydrogens is 607 g/mol. The van der Waals surface area contributed by atoms with Crippen LogP contribution >= 0.6 is 0 Å². The number of nitrogens with zero attached hydrogens (tertiary/aromatic N) is 6. The molecule has 13 heteroatoms. The third-order valence-corrected chi connectivity index (χ3v) is 7.58. The quantitative estimate of drug-likeness (QED) is 0.0935. The lowest BCUT2D eigenvalue weighted by atomic mass is 10.1. The highest BCUT2D eigenvalue weighted by Gasteiger charge is 2.29. The van der Waals surface area contributed by atoms with Gasteiger partial charge in [-0.1, -0.05) is 18.2 Å². The van der Waals surface area contributed by atoms with Crippen molar-refractivity contribution in [1.29, 1.82) is 0 Å². The standard InChI is InChI=1S/C33H31F5N6O2/c1-39-17-24-31(23-9-8-20(14-25(23)35)19-46-32-29(37)21(16-34)15-26(36)30(32)38)42-44(33(24)40-2)22-10-12-43(18-22)13-11-41-27-6-4-5-7-28(27)45-3/h4-9,11,14-15,17,22H,2,10,12-13,16,18-19H2,1,3H3/t22-/m1/s1. The Labute approximate surface area is 262 Å². The van der Waals surface area contributed by atoms with Gasteiger partial charge in [-0.15, -0.1) is 0 Å². The van der Waals surface area contributed by atoms with E-state index in [0.29, 0.717) is 36.3 Å². The highest BCUT2D eigenvalue weighted by Crippen LogP contribution is 2.36. The summed E-state index contributed by atoms with van der Waals surface area (Å²) in [7, 11) is 3.17. The van der Waals surface area contributed by atoms with E-state index in [1.54, 1.807) is 18.8 Å². The summed E-state index contributed by atoms with van der Waals surface area (Å²) in [6, 6.07) is 11.9. The maximum atomic E-state index is 15.6. The lowest BCUT2D eigenvalue weighted by molar-refractivity contribution is 0.265. The fraction of sp³-hybridized carbons (Fsp3) is 0.273. The van der Waals surface area contributed by atoms with E-state index in [2.05, 4.69) is 26.6 Å². The van der Waals surface area contributed by atoms with Gasteiger partial charge < -0.3 is 9.47 Å². The van der Waals surface area contributed by atoms with Crippen LogP contribution in [0.5, 0.6) is 11.5 Å². The van der Waals surface area contributed by atoms with Crippen molar-refractivity contribution in [2.24, 2.45) is 15.0 Å². The number of methoxy groups -OCH3 is 1. The molecule has 5 rings (SSSR count). The van der Waals surface area contributed by atoms with Crippen LogP contribution in [0, 0.1) is 23.3 Å². The van der Waals surface area contributed by atoms with Crippen molar-refractivity contribution in [2.75, 3.05) is 33.8 Å². The Kier molecular flexibility index (Phi) is 10.2. The summed E-state index contributed by atoms with van der Waals surface area (Å²) >= 11 is 0. The van der Waals surface area contributed by atoms with E-state index >= 15 is 4.39 Å². The molecule has 3 aromatic carbocycles. The third-order valence-electron chi connectivity index (χ3n) is 7.58. The lowest BCUT2D eigenvalue weighted by Crippen LogP contribution is -2.23. The van der Waals surface area contributed by atoms with Crippen molar-refractivity contribution in [2.45, 2.75) is 25.7 Å². The summed E-state index contributed by atoms with van der Waals surface area (Å²) in [6.07, 6.45) is 4.11. The SMILES string of the molecule is C=Nc1c(C=NC)c(-c2ccc(COc3c(F)c(F)cc(CF)c3F)cc2F)nn1[C@@H]1CCN(CC=Nc2ccccc2OC)C1. The molecule has 1 atom stereocenters. The topological polar surface area (TPSA) is 76.6 Å². The molecule has 46 heavy (non-hydrogen) atoms. The van der Waals surface area contributed by atoms with Crippen molar-refractivity contribution in [3.05, 3.63) is 88.5 Å². The van der Waals surface area contributed by atoms with Gasteiger partial charge in [0.15, 0.2) is 23.2 Å². The second-order valence-corrected chi connectivity index (χ2v) is 10.5. The fourth-order valence-electron chi connectivity index (χ4n) is 5.32. The summed E-state index contributed by atoms with van der Waals surface area (Å²) < 4.78 is 83.1. The Bertz CT molecular complexity index is 1790. The highest BCUT2D eigenvalue weighted by molar-refractivity contribution is 5.94. The van der Waals surface area contributed by atoms with Crippen LogP contribution in [0.2, 0.25) is 0 Å². The monoisotopic (exact) mass is 638 g/mol. The molecular formula is C33H31F5N6O2. The number of rotatable bonds is 12. The number of hydrogen-bond donors (Lipinski definition) is 0. The zero-order valence-electron chi connectivity index (χ0n) is 25.2. The molecule has 8 nitrogen and oxygen atoms in total. The van der Waals surface area contributed by atoms with Gasteiger partial charge in [0.1, 0.15) is 36.2 Å². The number of hydrogen-bond acceptors (Lipinski definition) is 7. The fourth-order valence-corrected chi connectivity index (χ4v) is 5.32. The van der Waals surface area contributed by atoms with Gasteiger partial charge >= 0.3 is 0 Å². The first-order valence-electron chi connectivity index (χ1n) is 14.3. The minimum atomic E-state index is -1.60. The van der Waals surface area contributed by atoms with Crippen LogP contribution in [0.1, 0.15) is 29.2 Å². The summed E-state index contributed by atoms with van der Waals surface area (Å²) in [5.41, 5.74) is 1.12. The van der Waals surface area contributed by atoms with Gasteiger partial charge in [-0.25, -0.2) is 27.2 Å². The van der Waals surface area contributed by atoms with E-state index in [1.165, 1.54) is 18.3 Å². The molecule has 1 fully saturated rings. The predicted molar refractivity (Wildman–Crippen MR) is 167 cm³/mol. The minimum absolute atomic E-state index is 0.0843. The number of aromatic nitrogens is 2. The van der Waals surface area contributed by atoms with E-state index < -0.39 is 47.9 Å². The van der Waals surface area contributed by atoms with Crippen molar-refractivity contribution >= 4 is 30.7 Å². The smallest absolute Gasteiger partial charge is 0.203 e. The minimum Gasteiger partial charge on any atom is -0.494 e. The Morgan fingerprint density at radius 3 is 2.59 bits per heavy atom. The van der Waals surface area contributed by atoms with Crippen LogP contribution in [-0.2, 0) is 13.3 Å². The number of aliphatic imine (C=N–C) groups is 3. The average molecular weight is 639 g/mol. The van der Waals surface area contributed by atoms with Crippen LogP contribution in [0.3, 0.4) is 0 Å². The number of alkyl halides is 1. The molecule has 240 valence electrons. The molecule has 1 saturated heterocycles. The van der Waals surface area contributed by atoms with Crippen LogP contribution in [0.15, 0.2) is 63.5 Å². The molecule has 2 heterocycles. The lowest BCUT2D eigenvalue weighted by Gasteiger charge is -2.15. The molecule has 0 N–H and O–H groups in total. The molecule has 1 aliphatic rings. The van der Waals surface area contributed by atoms with Crippen molar-refractivity contribution in [3.8, 4) is 22.8 Å². The highest BCUT2D eigenvalue weighted by atomic mass is 19.2. The van der Waals surface area contributed by atoms with Gasteiger partial charge in [-0.3, -0.25) is 14.9 Å². The number of benzene rings is 3. The maximum Gasteiger partial charge on any atom is 0.203 e. The Morgan fingerprint density at radius 2 is 1.87 bits per heavy atom. The number of likely N-dealkylation sites (tertiary alicyclic amines) is 1. The van der Waals surface area contributed by atoms with Crippen molar-refractivity contribution < 1.29 is 31.4 Å². The predicted octanol–water partition coefficient (Wildman–Crippen LogP) is 7.19. The molecule has 1 aromatic heterocycles. The second-order valence-electron chi connectivity index (χ2n) is 10.5. The molecule has 4 aromatic rings. The molecule has 0 unspecified atom stereocenters. The van der Waals surface area contributed by atoms with Gasteiger partial charge in [0.25, 0.3) is 0 Å². The van der Waals surface area contributed by atoms with Gasteiger partial charge in [0.2, 0.25) is 5.82 Å². The Morgan fingerprint density at radius 1 is 1.07 bits per heavy atom. The van der Waals surface area contributed by atoms with Crippen LogP contribution < -0.4 is 9.47 Å². The molecule has 0 amide bonds. The summed E-state index contributed by atoms with van der Waals surface area (Å²) in [6.45, 7) is 3.87. The van der Waals surface area contributed by atoms with E-state index in [0.717, 1.165) is 24.7 Å². The van der Waals surface area contributed by atoms with Crippen molar-refractivity contribution in [3.63, 3.8) is 0 Å². The van der Waals surface area contributed by atoms with Crippen LogP contribution in [0.4, 0.5) is 33.5 Å². The number of para-hydroxylation sites is 2. The number of halogens is 5. The zero-order chi connectivity index (χ0) is 32.8. The van der Waals surface area contributed by atoms with Crippen LogP contribution in [0.25, 0.3) is 11.3 Å². The zero-order valence-corrected chi connectivity index (χ0v) is 25.2. The van der Waals surface area contributed by atoms with Gasteiger partial charge in [-0.05, 0) is 49.0 Å². The molecule has 0 aliphatic carbocycles. The first-order chi connectivity index (χ1) is 22.3. The first-order valence-corrected chi connectivity index (χ1v) is 14.3. The van der Waals surface area contributed by atoms with Gasteiger partial charge in [-0.2, -0.15) is 9.49 Å². The van der Waals surface area contributed by atoms with Crippen LogP contribution in [-0.4, -0.2) is 67.6 Å². The second kappa shape index (κ2) is 14.5. The average Bonchev–Trinajstić information content (AvgIpc) is 3.67. The van der Waals surface area contributed by atoms with Crippen molar-refractivity contribution in [1.82, 2.24) is 14.7 Å². The van der Waals surface area contributed by atoms with E-state index in [9.17, 15) is 17.6 Å².